The van der Waals surface area contributed by atoms with Crippen molar-refractivity contribution in [3.63, 3.8) is 0 Å². The Balaban J connectivity index is 1.97. The van der Waals surface area contributed by atoms with Gasteiger partial charge in [-0.1, -0.05) is 12.2 Å². The van der Waals surface area contributed by atoms with Crippen LogP contribution in [0.25, 0.3) is 0 Å². The molecule has 0 aromatic carbocycles. The molecule has 0 unspecified atom stereocenters. The van der Waals surface area contributed by atoms with Crippen LogP contribution in [0.2, 0.25) is 0 Å². The van der Waals surface area contributed by atoms with E-state index in [0.717, 1.165) is 12.7 Å². The van der Waals surface area contributed by atoms with Gasteiger partial charge in [0.15, 0.2) is 0 Å². The first-order valence-electron chi connectivity index (χ1n) is 6.04. The molecular formula is C13H19NO3. The van der Waals surface area contributed by atoms with Gasteiger partial charge in [-0.2, -0.15) is 0 Å². The van der Waals surface area contributed by atoms with Crippen LogP contribution in [-0.4, -0.2) is 24.0 Å². The number of allylic oxidation sites excluding steroid dienone is 1. The summed E-state index contributed by atoms with van der Waals surface area (Å²) in [6.07, 6.45) is 5.65. The number of nitrogens with one attached hydrogen (secondary N) is 1. The van der Waals surface area contributed by atoms with Crippen LogP contribution in [0.15, 0.2) is 12.2 Å². The van der Waals surface area contributed by atoms with Crippen LogP contribution >= 0.6 is 0 Å². The molecular weight excluding hydrogens is 218 g/mol. The Morgan fingerprint density at radius 1 is 1.35 bits per heavy atom. The van der Waals surface area contributed by atoms with Gasteiger partial charge in [0.1, 0.15) is 11.9 Å². The molecule has 0 aromatic rings. The standard InChI is InChI=1S/C13H19NO3/c1-13(2,3)17-12(16)14-11-9-5-4-8(6-9)10(11)7-15/h4-5,7-11H,6H2,1-3H3,(H,14,16)/t8-,9-,10+,11+/m0/s1. The Morgan fingerprint density at radius 3 is 2.59 bits per heavy atom. The Labute approximate surface area is 101 Å². The maximum absolute atomic E-state index is 11.7. The Morgan fingerprint density at radius 2 is 2.00 bits per heavy atom. The number of aldehydes is 1. The van der Waals surface area contributed by atoms with E-state index in [1.165, 1.54) is 0 Å². The molecule has 1 amide bonds. The smallest absolute Gasteiger partial charge is 0.407 e. The number of hydrogen-bond donors (Lipinski definition) is 1. The fraction of sp³-hybridized carbons (Fsp3) is 0.692. The van der Waals surface area contributed by atoms with E-state index in [0.29, 0.717) is 0 Å². The average Bonchev–Trinajstić information content (AvgIpc) is 2.74. The van der Waals surface area contributed by atoms with Crippen LogP contribution < -0.4 is 5.32 Å². The third kappa shape index (κ3) is 2.51. The van der Waals surface area contributed by atoms with Crippen molar-refractivity contribution in [1.29, 1.82) is 0 Å². The van der Waals surface area contributed by atoms with Crippen LogP contribution in [0, 0.1) is 17.8 Å². The molecule has 0 spiro atoms. The highest BCUT2D eigenvalue weighted by Crippen LogP contribution is 2.42. The molecule has 1 fully saturated rings. The molecule has 1 saturated carbocycles. The summed E-state index contributed by atoms with van der Waals surface area (Å²) in [5.74, 6) is 0.470. The molecule has 2 aliphatic carbocycles. The normalized spacial score (nSPS) is 34.8. The van der Waals surface area contributed by atoms with Gasteiger partial charge in [-0.05, 0) is 39.0 Å². The van der Waals surface area contributed by atoms with Gasteiger partial charge in [-0.3, -0.25) is 0 Å². The Kier molecular flexibility index (Phi) is 2.98. The van der Waals surface area contributed by atoms with Crippen molar-refractivity contribution in [2.75, 3.05) is 0 Å². The second-order valence-electron chi connectivity index (χ2n) is 5.83. The monoisotopic (exact) mass is 237 g/mol. The van der Waals surface area contributed by atoms with E-state index >= 15 is 0 Å². The summed E-state index contributed by atoms with van der Waals surface area (Å²) < 4.78 is 5.21. The lowest BCUT2D eigenvalue weighted by Crippen LogP contribution is -2.45. The molecule has 17 heavy (non-hydrogen) atoms. The van der Waals surface area contributed by atoms with Crippen molar-refractivity contribution in [1.82, 2.24) is 5.32 Å². The zero-order valence-corrected chi connectivity index (χ0v) is 10.5. The van der Waals surface area contributed by atoms with Crippen LogP contribution in [0.5, 0.6) is 0 Å². The second-order valence-corrected chi connectivity index (χ2v) is 5.83. The molecule has 2 rings (SSSR count). The van der Waals surface area contributed by atoms with E-state index in [-0.39, 0.29) is 23.8 Å². The SMILES string of the molecule is CC(C)(C)OC(=O)N[C@H]1[C@H](C=O)[C@H]2C=C[C@H]1C2. The van der Waals surface area contributed by atoms with E-state index in [1.54, 1.807) is 0 Å². The van der Waals surface area contributed by atoms with E-state index in [9.17, 15) is 9.59 Å². The highest BCUT2D eigenvalue weighted by molar-refractivity contribution is 5.70. The number of ether oxygens (including phenoxy) is 1. The molecule has 4 nitrogen and oxygen atoms in total. The minimum Gasteiger partial charge on any atom is -0.444 e. The van der Waals surface area contributed by atoms with Crippen molar-refractivity contribution >= 4 is 12.4 Å². The molecule has 0 radical (unpaired) electrons. The number of rotatable bonds is 2. The first kappa shape index (κ1) is 12.1. The van der Waals surface area contributed by atoms with E-state index in [4.69, 9.17) is 4.74 Å². The number of carbonyl (C=O) groups is 2. The molecule has 4 atom stereocenters. The summed E-state index contributed by atoms with van der Waals surface area (Å²) in [6, 6.07) is -0.0997. The van der Waals surface area contributed by atoms with E-state index in [1.807, 2.05) is 20.8 Å². The Hall–Kier alpha value is -1.32. The zero-order chi connectivity index (χ0) is 12.6. The summed E-state index contributed by atoms with van der Waals surface area (Å²) in [6.45, 7) is 5.47. The van der Waals surface area contributed by atoms with Crippen molar-refractivity contribution in [3.8, 4) is 0 Å². The molecule has 4 heteroatoms. The van der Waals surface area contributed by atoms with Crippen molar-refractivity contribution < 1.29 is 14.3 Å². The molecule has 1 N–H and O–H groups in total. The second kappa shape index (κ2) is 4.17. The summed E-state index contributed by atoms with van der Waals surface area (Å²) in [5.41, 5.74) is -0.506. The van der Waals surface area contributed by atoms with Crippen LogP contribution in [0.1, 0.15) is 27.2 Å². The first-order chi connectivity index (χ1) is 7.90. The third-order valence-electron chi connectivity index (χ3n) is 3.36. The predicted octanol–water partition coefficient (Wildman–Crippen LogP) is 1.90. The van der Waals surface area contributed by atoms with Gasteiger partial charge in [0.2, 0.25) is 0 Å². The van der Waals surface area contributed by atoms with Gasteiger partial charge in [0, 0.05) is 12.0 Å². The average molecular weight is 237 g/mol. The maximum atomic E-state index is 11.7. The summed E-state index contributed by atoms with van der Waals surface area (Å²) >= 11 is 0. The summed E-state index contributed by atoms with van der Waals surface area (Å²) in [4.78, 5) is 22.7. The first-order valence-corrected chi connectivity index (χ1v) is 6.04. The van der Waals surface area contributed by atoms with Crippen molar-refractivity contribution in [2.24, 2.45) is 17.8 Å². The highest BCUT2D eigenvalue weighted by atomic mass is 16.6. The number of hydrogen-bond acceptors (Lipinski definition) is 3. The molecule has 0 saturated heterocycles. The third-order valence-corrected chi connectivity index (χ3v) is 3.36. The topological polar surface area (TPSA) is 55.4 Å². The number of alkyl carbamates (subject to hydrolysis) is 1. The summed E-state index contributed by atoms with van der Waals surface area (Å²) in [7, 11) is 0. The number of carbonyl (C=O) groups excluding carboxylic acids is 2. The molecule has 0 aliphatic heterocycles. The van der Waals surface area contributed by atoms with E-state index < -0.39 is 11.7 Å². The molecule has 2 bridgehead atoms. The minimum absolute atomic E-state index is 0.0995. The number of amides is 1. The maximum Gasteiger partial charge on any atom is 0.407 e. The fourth-order valence-corrected chi connectivity index (χ4v) is 2.69. The molecule has 2 aliphatic rings. The van der Waals surface area contributed by atoms with Gasteiger partial charge in [-0.25, -0.2) is 4.79 Å². The van der Waals surface area contributed by atoms with Crippen molar-refractivity contribution in [3.05, 3.63) is 12.2 Å². The lowest BCUT2D eigenvalue weighted by Gasteiger charge is -2.27. The van der Waals surface area contributed by atoms with Crippen LogP contribution in [0.3, 0.4) is 0 Å². The lowest BCUT2D eigenvalue weighted by atomic mass is 9.90. The summed E-state index contributed by atoms with van der Waals surface area (Å²) in [5, 5.41) is 2.82. The molecule has 0 heterocycles. The fourth-order valence-electron chi connectivity index (χ4n) is 2.69. The quantitative estimate of drug-likeness (QED) is 0.589. The largest absolute Gasteiger partial charge is 0.444 e. The van der Waals surface area contributed by atoms with Gasteiger partial charge in [-0.15, -0.1) is 0 Å². The Bertz CT molecular complexity index is 356. The highest BCUT2D eigenvalue weighted by Gasteiger charge is 2.45. The van der Waals surface area contributed by atoms with Crippen LogP contribution in [-0.2, 0) is 9.53 Å². The van der Waals surface area contributed by atoms with Gasteiger partial charge < -0.3 is 14.8 Å². The number of fused-ring (bicyclic) bond motifs is 2. The minimum atomic E-state index is -0.506. The molecule has 94 valence electrons. The van der Waals surface area contributed by atoms with Gasteiger partial charge in [0.05, 0.1) is 0 Å². The lowest BCUT2D eigenvalue weighted by molar-refractivity contribution is -0.112. The van der Waals surface area contributed by atoms with Gasteiger partial charge >= 0.3 is 6.09 Å². The van der Waals surface area contributed by atoms with Gasteiger partial charge in [0.25, 0.3) is 0 Å². The zero-order valence-electron chi connectivity index (χ0n) is 10.5. The van der Waals surface area contributed by atoms with E-state index in [2.05, 4.69) is 17.5 Å². The predicted molar refractivity (Wildman–Crippen MR) is 63.4 cm³/mol. The van der Waals surface area contributed by atoms with Crippen molar-refractivity contribution in [2.45, 2.75) is 38.8 Å². The van der Waals surface area contributed by atoms with Crippen LogP contribution in [0.4, 0.5) is 4.79 Å². The molecule has 0 aromatic heterocycles.